The molecular weight excluding hydrogens is 440 g/mol. The van der Waals surface area contributed by atoms with E-state index in [0.29, 0.717) is 32.3 Å². The van der Waals surface area contributed by atoms with E-state index < -0.39 is 10.0 Å². The molecular formula is C25H30N2O5S. The lowest BCUT2D eigenvalue weighted by Crippen LogP contribution is -2.38. The van der Waals surface area contributed by atoms with E-state index in [1.165, 1.54) is 12.7 Å². The van der Waals surface area contributed by atoms with Crippen molar-refractivity contribution in [1.82, 2.24) is 9.71 Å². The molecule has 1 aromatic heterocycles. The van der Waals surface area contributed by atoms with Crippen LogP contribution in [-0.2, 0) is 30.7 Å². The average Bonchev–Trinajstić information content (AvgIpc) is 3.26. The van der Waals surface area contributed by atoms with Crippen LogP contribution in [0.15, 0.2) is 53.4 Å². The number of hydrogen-bond donors (Lipinski definition) is 2. The maximum absolute atomic E-state index is 13.0. The minimum Gasteiger partial charge on any atom is -0.469 e. The third kappa shape index (κ3) is 5.46. The van der Waals surface area contributed by atoms with Gasteiger partial charge < -0.3 is 14.5 Å². The summed E-state index contributed by atoms with van der Waals surface area (Å²) in [6.07, 6.45) is 3.36. The van der Waals surface area contributed by atoms with Gasteiger partial charge in [-0.1, -0.05) is 30.3 Å². The summed E-state index contributed by atoms with van der Waals surface area (Å²) in [4.78, 5) is 15.3. The Labute approximate surface area is 194 Å². The van der Waals surface area contributed by atoms with E-state index in [9.17, 15) is 13.2 Å². The van der Waals surface area contributed by atoms with E-state index in [1.807, 2.05) is 12.1 Å². The first-order valence-corrected chi connectivity index (χ1v) is 12.7. The summed E-state index contributed by atoms with van der Waals surface area (Å²) >= 11 is 0. The fourth-order valence-corrected chi connectivity index (χ4v) is 5.73. The summed E-state index contributed by atoms with van der Waals surface area (Å²) < 4.78 is 38.7. The summed E-state index contributed by atoms with van der Waals surface area (Å²) in [5.41, 5.74) is 3.95. The van der Waals surface area contributed by atoms with Crippen molar-refractivity contribution in [3.63, 3.8) is 0 Å². The van der Waals surface area contributed by atoms with E-state index >= 15 is 0 Å². The van der Waals surface area contributed by atoms with Crippen molar-refractivity contribution in [3.8, 4) is 11.3 Å². The van der Waals surface area contributed by atoms with Crippen molar-refractivity contribution >= 4 is 26.9 Å². The Morgan fingerprint density at radius 1 is 1.03 bits per heavy atom. The maximum Gasteiger partial charge on any atom is 0.308 e. The Morgan fingerprint density at radius 3 is 2.42 bits per heavy atom. The lowest BCUT2D eigenvalue weighted by atomic mass is 9.86. The second-order valence-electron chi connectivity index (χ2n) is 8.56. The number of fused-ring (bicyclic) bond motifs is 1. The molecule has 1 heterocycles. The molecule has 0 spiro atoms. The monoisotopic (exact) mass is 470 g/mol. The van der Waals surface area contributed by atoms with Gasteiger partial charge in [-0.05, 0) is 61.4 Å². The van der Waals surface area contributed by atoms with E-state index in [1.54, 1.807) is 19.2 Å². The van der Waals surface area contributed by atoms with Gasteiger partial charge in [-0.15, -0.1) is 0 Å². The van der Waals surface area contributed by atoms with Gasteiger partial charge in [0.1, 0.15) is 0 Å². The van der Waals surface area contributed by atoms with Gasteiger partial charge in [-0.3, -0.25) is 4.79 Å². The minimum absolute atomic E-state index is 0.140. The highest BCUT2D eigenvalue weighted by atomic mass is 32.2. The Hall–Kier alpha value is -2.68. The second-order valence-corrected chi connectivity index (χ2v) is 10.3. The number of carbonyl (C=O) groups is 1. The summed E-state index contributed by atoms with van der Waals surface area (Å²) in [5, 5.41) is 0.950. The number of rotatable bonds is 8. The predicted molar refractivity (Wildman–Crippen MR) is 127 cm³/mol. The molecule has 3 aromatic rings. The lowest BCUT2D eigenvalue weighted by Gasteiger charge is -2.27. The number of ether oxygens (including phenoxy) is 2. The number of carbonyl (C=O) groups excluding carboxylic acids is 1. The molecule has 0 radical (unpaired) electrons. The first-order valence-electron chi connectivity index (χ1n) is 11.2. The largest absolute Gasteiger partial charge is 0.469 e. The van der Waals surface area contributed by atoms with Crippen LogP contribution >= 0.6 is 0 Å². The standard InChI is InChI=1S/C25H30N2O5S/c1-31-14-13-17-3-5-18(6-4-17)23-15-20-9-12-22(16-24(20)26-23)33(29,30)27-21-10-7-19(8-11-21)25(28)32-2/h3-6,9,12,15-16,19,21,26-27H,7-8,10-11,13-14H2,1-2H3. The Balaban J connectivity index is 1.47. The second kappa shape index (κ2) is 10.1. The van der Waals surface area contributed by atoms with Gasteiger partial charge in [0, 0.05) is 29.7 Å². The van der Waals surface area contributed by atoms with Crippen LogP contribution in [0.5, 0.6) is 0 Å². The predicted octanol–water partition coefficient (Wildman–Crippen LogP) is 4.03. The SMILES string of the molecule is COCCc1ccc(-c2cc3ccc(S(=O)(=O)NC4CCC(C(=O)OC)CC4)cc3[nH]2)cc1. The number of sulfonamides is 1. The van der Waals surface area contributed by atoms with Crippen LogP contribution in [0.3, 0.4) is 0 Å². The number of aromatic amines is 1. The molecule has 0 unspecified atom stereocenters. The zero-order valence-corrected chi connectivity index (χ0v) is 19.8. The summed E-state index contributed by atoms with van der Waals surface area (Å²) in [7, 11) is -0.583. The molecule has 1 aliphatic rings. The van der Waals surface area contributed by atoms with Crippen LogP contribution in [0.1, 0.15) is 31.2 Å². The molecule has 0 amide bonds. The highest BCUT2D eigenvalue weighted by molar-refractivity contribution is 7.89. The molecule has 8 heteroatoms. The van der Waals surface area contributed by atoms with Crippen molar-refractivity contribution < 1.29 is 22.7 Å². The molecule has 0 atom stereocenters. The third-order valence-corrected chi connectivity index (χ3v) is 7.87. The van der Waals surface area contributed by atoms with Gasteiger partial charge >= 0.3 is 5.97 Å². The van der Waals surface area contributed by atoms with Crippen LogP contribution in [0.2, 0.25) is 0 Å². The molecule has 7 nitrogen and oxygen atoms in total. The van der Waals surface area contributed by atoms with Crippen molar-refractivity contribution in [3.05, 3.63) is 54.1 Å². The molecule has 1 aliphatic carbocycles. The number of esters is 1. The average molecular weight is 471 g/mol. The van der Waals surface area contributed by atoms with E-state index in [-0.39, 0.29) is 22.8 Å². The molecule has 2 aromatic carbocycles. The summed E-state index contributed by atoms with van der Waals surface area (Å²) in [5.74, 6) is -0.354. The fourth-order valence-electron chi connectivity index (χ4n) is 4.40. The third-order valence-electron chi connectivity index (χ3n) is 6.35. The zero-order chi connectivity index (χ0) is 23.4. The number of methoxy groups -OCH3 is 2. The quantitative estimate of drug-likeness (QED) is 0.485. The molecule has 0 bridgehead atoms. The van der Waals surface area contributed by atoms with Gasteiger partial charge in [0.2, 0.25) is 10.0 Å². The number of aromatic nitrogens is 1. The van der Waals surface area contributed by atoms with Gasteiger partial charge in [-0.2, -0.15) is 0 Å². The minimum atomic E-state index is -3.66. The van der Waals surface area contributed by atoms with Crippen LogP contribution in [0, 0.1) is 5.92 Å². The van der Waals surface area contributed by atoms with Crippen LogP contribution in [0.4, 0.5) is 0 Å². The van der Waals surface area contributed by atoms with E-state index in [0.717, 1.165) is 28.6 Å². The first kappa shape index (κ1) is 23.5. The molecule has 0 aliphatic heterocycles. The summed E-state index contributed by atoms with van der Waals surface area (Å²) in [6, 6.07) is 15.2. The van der Waals surface area contributed by atoms with E-state index in [4.69, 9.17) is 9.47 Å². The highest BCUT2D eigenvalue weighted by Gasteiger charge is 2.29. The van der Waals surface area contributed by atoms with Gasteiger partial charge in [0.15, 0.2) is 0 Å². The highest BCUT2D eigenvalue weighted by Crippen LogP contribution is 2.29. The van der Waals surface area contributed by atoms with Gasteiger partial charge in [0.05, 0.1) is 24.5 Å². The number of hydrogen-bond acceptors (Lipinski definition) is 5. The molecule has 0 saturated heterocycles. The Kier molecular flexibility index (Phi) is 7.17. The first-order chi connectivity index (χ1) is 15.9. The normalized spacial score (nSPS) is 19.0. The topological polar surface area (TPSA) is 97.5 Å². The number of nitrogens with one attached hydrogen (secondary N) is 2. The number of benzene rings is 2. The lowest BCUT2D eigenvalue weighted by molar-refractivity contribution is -0.146. The molecule has 4 rings (SSSR count). The van der Waals surface area contributed by atoms with Crippen LogP contribution in [0.25, 0.3) is 22.2 Å². The van der Waals surface area contributed by atoms with Crippen molar-refractivity contribution in [1.29, 1.82) is 0 Å². The number of H-pyrrole nitrogens is 1. The maximum atomic E-state index is 13.0. The molecule has 1 fully saturated rings. The van der Waals surface area contributed by atoms with Crippen LogP contribution in [-0.4, -0.2) is 46.2 Å². The van der Waals surface area contributed by atoms with Crippen molar-refractivity contribution in [2.75, 3.05) is 20.8 Å². The summed E-state index contributed by atoms with van der Waals surface area (Å²) in [6.45, 7) is 0.684. The zero-order valence-electron chi connectivity index (χ0n) is 19.0. The van der Waals surface area contributed by atoms with Crippen molar-refractivity contribution in [2.24, 2.45) is 5.92 Å². The smallest absolute Gasteiger partial charge is 0.308 e. The molecule has 33 heavy (non-hydrogen) atoms. The Bertz CT molecular complexity index is 1210. The van der Waals surface area contributed by atoms with Crippen LogP contribution < -0.4 is 4.72 Å². The molecule has 176 valence electrons. The van der Waals surface area contributed by atoms with E-state index in [2.05, 4.69) is 34.0 Å². The molecule has 2 N–H and O–H groups in total. The molecule has 1 saturated carbocycles. The van der Waals surface area contributed by atoms with Crippen molar-refractivity contribution in [2.45, 2.75) is 43.0 Å². The van der Waals surface area contributed by atoms with Gasteiger partial charge in [-0.25, -0.2) is 13.1 Å². The Morgan fingerprint density at radius 2 is 1.76 bits per heavy atom. The fraction of sp³-hybridized carbons (Fsp3) is 0.400. The van der Waals surface area contributed by atoms with Gasteiger partial charge in [0.25, 0.3) is 0 Å².